The molecule has 0 aliphatic heterocycles. The molecule has 0 saturated carbocycles. The van der Waals surface area contributed by atoms with E-state index in [1.54, 1.807) is 19.2 Å². The van der Waals surface area contributed by atoms with Gasteiger partial charge in [-0.3, -0.25) is 4.79 Å². The van der Waals surface area contributed by atoms with Crippen LogP contribution in [-0.2, 0) is 6.54 Å². The molecule has 0 saturated heterocycles. The summed E-state index contributed by atoms with van der Waals surface area (Å²) >= 11 is 0. The maximum absolute atomic E-state index is 13.8. The smallest absolute Gasteiger partial charge is 0.251 e. The third-order valence-corrected chi connectivity index (χ3v) is 2.94. The topological polar surface area (TPSA) is 85.8 Å². The van der Waals surface area contributed by atoms with E-state index in [2.05, 4.69) is 20.6 Å². The summed E-state index contributed by atoms with van der Waals surface area (Å²) in [6, 6.07) is 5.73. The van der Waals surface area contributed by atoms with Gasteiger partial charge in [-0.1, -0.05) is 5.16 Å². The quantitative estimate of drug-likeness (QED) is 0.791. The van der Waals surface area contributed by atoms with Crippen molar-refractivity contribution in [2.45, 2.75) is 13.5 Å². The molecule has 0 bridgehead atoms. The van der Waals surface area contributed by atoms with Gasteiger partial charge in [0.1, 0.15) is 11.5 Å². The largest absolute Gasteiger partial charge is 0.345 e. The highest BCUT2D eigenvalue weighted by Crippen LogP contribution is 2.14. The number of aromatic nitrogens is 4. The minimum Gasteiger partial charge on any atom is -0.345 e. The fraction of sp³-hybridized carbons (Fsp3) is 0.143. The number of aryl methyl sites for hydroxylation is 1. The Morgan fingerprint density at radius 2 is 2.32 bits per heavy atom. The van der Waals surface area contributed by atoms with Crippen molar-refractivity contribution in [2.24, 2.45) is 0 Å². The lowest BCUT2D eigenvalue weighted by atomic mass is 10.2. The molecule has 0 spiro atoms. The van der Waals surface area contributed by atoms with Crippen LogP contribution < -0.4 is 5.32 Å². The molecule has 1 aromatic carbocycles. The summed E-state index contributed by atoms with van der Waals surface area (Å²) in [5, 5.41) is 10.3. The average Bonchev–Trinajstić information content (AvgIpc) is 3.17. The molecule has 7 nitrogen and oxygen atoms in total. The zero-order chi connectivity index (χ0) is 15.5. The highest BCUT2D eigenvalue weighted by atomic mass is 19.1. The molecule has 8 heteroatoms. The molecule has 3 rings (SSSR count). The molecule has 2 aromatic heterocycles. The molecule has 0 aliphatic rings. The highest BCUT2D eigenvalue weighted by Gasteiger charge is 2.12. The number of amides is 1. The number of hydrogen-bond donors (Lipinski definition) is 1. The Morgan fingerprint density at radius 1 is 1.45 bits per heavy atom. The molecule has 2 heterocycles. The van der Waals surface area contributed by atoms with Crippen LogP contribution in [-0.4, -0.2) is 25.8 Å². The average molecular weight is 301 g/mol. The van der Waals surface area contributed by atoms with Crippen LogP contribution in [0.15, 0.2) is 41.2 Å². The van der Waals surface area contributed by atoms with Crippen molar-refractivity contribution in [3.63, 3.8) is 0 Å². The van der Waals surface area contributed by atoms with Gasteiger partial charge in [0.15, 0.2) is 5.82 Å². The van der Waals surface area contributed by atoms with Crippen molar-refractivity contribution < 1.29 is 13.7 Å². The Labute approximate surface area is 124 Å². The van der Waals surface area contributed by atoms with Crippen molar-refractivity contribution >= 4 is 5.91 Å². The molecule has 3 aromatic rings. The predicted octanol–water partition coefficient (Wildman–Crippen LogP) is 1.63. The molecular formula is C14H12FN5O2. The Balaban J connectivity index is 1.76. The maximum Gasteiger partial charge on any atom is 0.251 e. The number of halogens is 1. The van der Waals surface area contributed by atoms with Gasteiger partial charge < -0.3 is 9.84 Å². The molecule has 0 fully saturated rings. The molecule has 0 aliphatic carbocycles. The SMILES string of the molecule is Cc1nc(CNC(=O)c2ccc(F)c(-n3cccn3)c2)no1. The Kier molecular flexibility index (Phi) is 3.65. The number of rotatable bonds is 4. The molecule has 0 unspecified atom stereocenters. The summed E-state index contributed by atoms with van der Waals surface area (Å²) in [6.45, 7) is 1.79. The summed E-state index contributed by atoms with van der Waals surface area (Å²) in [5.41, 5.74) is 0.514. The van der Waals surface area contributed by atoms with E-state index in [0.29, 0.717) is 17.3 Å². The molecular weight excluding hydrogens is 289 g/mol. The normalized spacial score (nSPS) is 10.6. The predicted molar refractivity (Wildman–Crippen MR) is 73.7 cm³/mol. The third-order valence-electron chi connectivity index (χ3n) is 2.94. The van der Waals surface area contributed by atoms with Crippen molar-refractivity contribution in [2.75, 3.05) is 0 Å². The summed E-state index contributed by atoms with van der Waals surface area (Å²) < 4.78 is 20.0. The van der Waals surface area contributed by atoms with Gasteiger partial charge in [-0.2, -0.15) is 10.1 Å². The highest BCUT2D eigenvalue weighted by molar-refractivity contribution is 5.94. The molecule has 22 heavy (non-hydrogen) atoms. The zero-order valence-corrected chi connectivity index (χ0v) is 11.7. The van der Waals surface area contributed by atoms with E-state index in [-0.39, 0.29) is 18.1 Å². The van der Waals surface area contributed by atoms with Crippen LogP contribution in [0.2, 0.25) is 0 Å². The second-order valence-corrected chi connectivity index (χ2v) is 4.53. The van der Waals surface area contributed by atoms with Crippen molar-refractivity contribution in [3.05, 3.63) is 59.8 Å². The molecule has 1 amide bonds. The number of nitrogens with one attached hydrogen (secondary N) is 1. The first kappa shape index (κ1) is 13.9. The van der Waals surface area contributed by atoms with Gasteiger partial charge in [-0.25, -0.2) is 9.07 Å². The van der Waals surface area contributed by atoms with Gasteiger partial charge >= 0.3 is 0 Å². The lowest BCUT2D eigenvalue weighted by Crippen LogP contribution is -2.23. The van der Waals surface area contributed by atoms with E-state index in [4.69, 9.17) is 4.52 Å². The Bertz CT molecular complexity index is 797. The van der Waals surface area contributed by atoms with Gasteiger partial charge in [0.05, 0.1) is 6.54 Å². The molecule has 0 atom stereocenters. The van der Waals surface area contributed by atoms with E-state index < -0.39 is 5.82 Å². The second kappa shape index (κ2) is 5.76. The first-order valence-corrected chi connectivity index (χ1v) is 6.50. The number of nitrogens with zero attached hydrogens (tertiary/aromatic N) is 4. The maximum atomic E-state index is 13.8. The first-order chi connectivity index (χ1) is 10.6. The number of carbonyl (C=O) groups is 1. The fourth-order valence-electron chi connectivity index (χ4n) is 1.92. The van der Waals surface area contributed by atoms with E-state index in [1.165, 1.54) is 29.1 Å². The van der Waals surface area contributed by atoms with Gasteiger partial charge in [0, 0.05) is 24.9 Å². The molecule has 1 N–H and O–H groups in total. The number of hydrogen-bond acceptors (Lipinski definition) is 5. The van der Waals surface area contributed by atoms with E-state index >= 15 is 0 Å². The van der Waals surface area contributed by atoms with Gasteiger partial charge in [0.25, 0.3) is 5.91 Å². The lowest BCUT2D eigenvalue weighted by Gasteiger charge is -2.07. The van der Waals surface area contributed by atoms with Crippen LogP contribution in [0.3, 0.4) is 0 Å². The van der Waals surface area contributed by atoms with Crippen LogP contribution in [0.25, 0.3) is 5.69 Å². The lowest BCUT2D eigenvalue weighted by molar-refractivity contribution is 0.0949. The van der Waals surface area contributed by atoms with Crippen molar-refractivity contribution in [3.8, 4) is 5.69 Å². The first-order valence-electron chi connectivity index (χ1n) is 6.50. The summed E-state index contributed by atoms with van der Waals surface area (Å²) in [4.78, 5) is 16.1. The third kappa shape index (κ3) is 2.85. The van der Waals surface area contributed by atoms with Gasteiger partial charge in [-0.15, -0.1) is 0 Å². The fourth-order valence-corrected chi connectivity index (χ4v) is 1.92. The van der Waals surface area contributed by atoms with Crippen LogP contribution in [0.1, 0.15) is 22.1 Å². The number of carbonyl (C=O) groups excluding carboxylic acids is 1. The number of benzene rings is 1. The van der Waals surface area contributed by atoms with Crippen LogP contribution in [0.5, 0.6) is 0 Å². The van der Waals surface area contributed by atoms with Crippen molar-refractivity contribution in [1.29, 1.82) is 0 Å². The Morgan fingerprint density at radius 3 is 3.00 bits per heavy atom. The van der Waals surface area contributed by atoms with E-state index in [1.807, 2.05) is 0 Å². The van der Waals surface area contributed by atoms with Crippen molar-refractivity contribution in [1.82, 2.24) is 25.2 Å². The minimum atomic E-state index is -0.464. The monoisotopic (exact) mass is 301 g/mol. The van der Waals surface area contributed by atoms with Gasteiger partial charge in [-0.05, 0) is 24.3 Å². The summed E-state index contributed by atoms with van der Waals surface area (Å²) in [7, 11) is 0. The standard InChI is InChI=1S/C14H12FN5O2/c1-9-18-13(19-22-9)8-16-14(21)10-3-4-11(15)12(7-10)20-6-2-5-17-20/h2-7H,8H2,1H3,(H,16,21). The summed E-state index contributed by atoms with van der Waals surface area (Å²) in [5.74, 6) is -0.0304. The van der Waals surface area contributed by atoms with Crippen LogP contribution >= 0.6 is 0 Å². The summed E-state index contributed by atoms with van der Waals surface area (Å²) in [6.07, 6.45) is 3.13. The second-order valence-electron chi connectivity index (χ2n) is 4.53. The Hall–Kier alpha value is -3.03. The molecule has 112 valence electrons. The van der Waals surface area contributed by atoms with Crippen LogP contribution in [0.4, 0.5) is 4.39 Å². The minimum absolute atomic E-state index is 0.130. The zero-order valence-electron chi connectivity index (χ0n) is 11.7. The molecule has 0 radical (unpaired) electrons. The van der Waals surface area contributed by atoms with E-state index in [0.717, 1.165) is 0 Å². The van der Waals surface area contributed by atoms with E-state index in [9.17, 15) is 9.18 Å². The van der Waals surface area contributed by atoms with Gasteiger partial charge in [0.2, 0.25) is 5.89 Å². The van der Waals surface area contributed by atoms with Crippen LogP contribution in [0, 0.1) is 12.7 Å².